The average molecular weight is 375 g/mol. The predicted molar refractivity (Wildman–Crippen MR) is 93.4 cm³/mol. The molecule has 0 radical (unpaired) electrons. The van der Waals surface area contributed by atoms with E-state index >= 15 is 0 Å². The van der Waals surface area contributed by atoms with Gasteiger partial charge in [-0.15, -0.1) is 11.3 Å². The molecule has 0 bridgehead atoms. The molecule has 7 heteroatoms. The van der Waals surface area contributed by atoms with E-state index in [1.807, 2.05) is 4.90 Å². The minimum atomic E-state index is -0.0815. The second-order valence-corrected chi connectivity index (χ2v) is 8.48. The molecular formula is C16H20Cl2N2O2S. The molecule has 0 unspecified atom stereocenters. The van der Waals surface area contributed by atoms with E-state index in [0.717, 1.165) is 38.8 Å². The van der Waals surface area contributed by atoms with Crippen molar-refractivity contribution in [2.24, 2.45) is 5.92 Å². The highest BCUT2D eigenvalue weighted by Crippen LogP contribution is 2.33. The number of hydrogen-bond acceptors (Lipinski definition) is 3. The van der Waals surface area contributed by atoms with Crippen LogP contribution in [0, 0.1) is 5.92 Å². The molecule has 0 aromatic carbocycles. The van der Waals surface area contributed by atoms with Crippen molar-refractivity contribution in [1.82, 2.24) is 9.80 Å². The molecule has 23 heavy (non-hydrogen) atoms. The van der Waals surface area contributed by atoms with Gasteiger partial charge in [0.2, 0.25) is 5.91 Å². The van der Waals surface area contributed by atoms with E-state index in [1.54, 1.807) is 11.0 Å². The van der Waals surface area contributed by atoms with Crippen molar-refractivity contribution in [2.45, 2.75) is 32.1 Å². The number of likely N-dealkylation sites (tertiary alicyclic amines) is 2. The molecule has 1 aromatic heterocycles. The Kier molecular flexibility index (Phi) is 5.49. The fourth-order valence-corrected chi connectivity index (χ4v) is 4.81. The number of hydrogen-bond donors (Lipinski definition) is 0. The molecule has 1 aromatic rings. The number of piperidine rings is 2. The third-order valence-corrected chi connectivity index (χ3v) is 6.17. The Bertz CT molecular complexity index is 591. The monoisotopic (exact) mass is 374 g/mol. The van der Waals surface area contributed by atoms with Crippen LogP contribution in [0.5, 0.6) is 0 Å². The van der Waals surface area contributed by atoms with Crippen molar-refractivity contribution in [3.63, 3.8) is 0 Å². The molecule has 0 N–H and O–H groups in total. The van der Waals surface area contributed by atoms with Crippen LogP contribution in [0.25, 0.3) is 0 Å². The molecule has 2 aliphatic heterocycles. The number of carbonyl (C=O) groups excluding carboxylic acids is 2. The van der Waals surface area contributed by atoms with Gasteiger partial charge in [-0.25, -0.2) is 0 Å². The van der Waals surface area contributed by atoms with Gasteiger partial charge in [0, 0.05) is 32.1 Å². The Hall–Kier alpha value is -0.780. The quantitative estimate of drug-likeness (QED) is 0.786. The van der Waals surface area contributed by atoms with Gasteiger partial charge >= 0.3 is 0 Å². The lowest BCUT2D eigenvalue weighted by molar-refractivity contribution is -0.137. The van der Waals surface area contributed by atoms with E-state index in [-0.39, 0.29) is 17.7 Å². The van der Waals surface area contributed by atoms with Crippen molar-refractivity contribution in [1.29, 1.82) is 0 Å². The van der Waals surface area contributed by atoms with Gasteiger partial charge in [-0.3, -0.25) is 9.59 Å². The van der Waals surface area contributed by atoms with Crippen molar-refractivity contribution < 1.29 is 9.59 Å². The summed E-state index contributed by atoms with van der Waals surface area (Å²) in [5.41, 5.74) is 0.475. The summed E-state index contributed by atoms with van der Waals surface area (Å²) in [7, 11) is 0. The maximum Gasteiger partial charge on any atom is 0.256 e. The van der Waals surface area contributed by atoms with Crippen molar-refractivity contribution >= 4 is 46.4 Å². The minimum Gasteiger partial charge on any atom is -0.342 e. The van der Waals surface area contributed by atoms with E-state index in [0.29, 0.717) is 27.3 Å². The Labute approximate surface area is 150 Å². The van der Waals surface area contributed by atoms with Gasteiger partial charge in [0.25, 0.3) is 5.91 Å². The maximum atomic E-state index is 12.5. The maximum absolute atomic E-state index is 12.5. The van der Waals surface area contributed by atoms with Crippen LogP contribution in [0.3, 0.4) is 0 Å². The van der Waals surface area contributed by atoms with E-state index in [2.05, 4.69) is 0 Å². The topological polar surface area (TPSA) is 40.6 Å². The first-order valence-corrected chi connectivity index (χ1v) is 9.66. The highest BCUT2D eigenvalue weighted by molar-refractivity contribution is 7.20. The summed E-state index contributed by atoms with van der Waals surface area (Å²) in [5, 5.41) is 0. The minimum absolute atomic E-state index is 0.0543. The van der Waals surface area contributed by atoms with Crippen LogP contribution in [-0.4, -0.2) is 47.8 Å². The van der Waals surface area contributed by atoms with Crippen LogP contribution in [0.4, 0.5) is 0 Å². The van der Waals surface area contributed by atoms with Gasteiger partial charge in [-0.05, 0) is 38.2 Å². The summed E-state index contributed by atoms with van der Waals surface area (Å²) in [6.07, 6.45) is 4.91. The first kappa shape index (κ1) is 17.1. The summed E-state index contributed by atoms with van der Waals surface area (Å²) in [4.78, 5) is 28.8. The largest absolute Gasteiger partial charge is 0.342 e. The predicted octanol–water partition coefficient (Wildman–Crippen LogP) is 3.92. The number of thiophene rings is 1. The number of halogens is 2. The fraction of sp³-hybridized carbons (Fsp3) is 0.625. The SMILES string of the molecule is O=C(c1cc(Cl)sc1Cl)N1CCC(C(=O)N2CCCCC2)CC1. The zero-order chi connectivity index (χ0) is 16.4. The van der Waals surface area contributed by atoms with Crippen LogP contribution in [0.2, 0.25) is 8.67 Å². The molecular weight excluding hydrogens is 355 g/mol. The molecule has 2 saturated heterocycles. The second-order valence-electron chi connectivity index (χ2n) is 6.19. The summed E-state index contributed by atoms with van der Waals surface area (Å²) in [6, 6.07) is 1.63. The summed E-state index contributed by atoms with van der Waals surface area (Å²) >= 11 is 13.2. The Morgan fingerprint density at radius 2 is 1.65 bits per heavy atom. The van der Waals surface area contributed by atoms with Crippen LogP contribution >= 0.6 is 34.5 Å². The van der Waals surface area contributed by atoms with Crippen LogP contribution in [0.15, 0.2) is 6.07 Å². The van der Waals surface area contributed by atoms with Gasteiger partial charge < -0.3 is 9.80 Å². The zero-order valence-electron chi connectivity index (χ0n) is 12.9. The smallest absolute Gasteiger partial charge is 0.256 e. The standard InChI is InChI=1S/C16H20Cl2N2O2S/c17-13-10-12(14(18)23-13)16(22)20-8-4-11(5-9-20)15(21)19-6-2-1-3-7-19/h10-11H,1-9H2. The normalized spacial score (nSPS) is 19.9. The van der Waals surface area contributed by atoms with Crippen LogP contribution < -0.4 is 0 Å². The highest BCUT2D eigenvalue weighted by Gasteiger charge is 2.31. The molecule has 0 spiro atoms. The molecule has 2 amide bonds. The fourth-order valence-electron chi connectivity index (χ4n) is 3.36. The third-order valence-electron chi connectivity index (χ3n) is 4.69. The lowest BCUT2D eigenvalue weighted by Crippen LogP contribution is -2.45. The number of amides is 2. The molecule has 3 rings (SSSR count). The number of rotatable bonds is 2. The van der Waals surface area contributed by atoms with Gasteiger partial charge in [0.1, 0.15) is 4.34 Å². The molecule has 2 aliphatic rings. The number of carbonyl (C=O) groups is 2. The second kappa shape index (κ2) is 7.41. The third kappa shape index (κ3) is 3.83. The lowest BCUT2D eigenvalue weighted by atomic mass is 9.94. The molecule has 0 atom stereocenters. The van der Waals surface area contributed by atoms with Crippen LogP contribution in [0.1, 0.15) is 42.5 Å². The summed E-state index contributed by atoms with van der Waals surface area (Å²) in [6.45, 7) is 2.99. The highest BCUT2D eigenvalue weighted by atomic mass is 35.5. The van der Waals surface area contributed by atoms with E-state index in [9.17, 15) is 9.59 Å². The molecule has 2 fully saturated rings. The van der Waals surface area contributed by atoms with E-state index < -0.39 is 0 Å². The molecule has 0 saturated carbocycles. The first-order valence-electron chi connectivity index (χ1n) is 8.09. The zero-order valence-corrected chi connectivity index (χ0v) is 15.2. The summed E-state index contributed by atoms with van der Waals surface area (Å²) in [5.74, 6) is 0.245. The van der Waals surface area contributed by atoms with Gasteiger partial charge in [-0.2, -0.15) is 0 Å². The van der Waals surface area contributed by atoms with Gasteiger partial charge in [-0.1, -0.05) is 23.2 Å². The van der Waals surface area contributed by atoms with Crippen molar-refractivity contribution in [2.75, 3.05) is 26.2 Å². The molecule has 4 nitrogen and oxygen atoms in total. The Morgan fingerprint density at radius 1 is 1.00 bits per heavy atom. The van der Waals surface area contributed by atoms with Crippen molar-refractivity contribution in [3.8, 4) is 0 Å². The summed E-state index contributed by atoms with van der Waals surface area (Å²) < 4.78 is 0.958. The average Bonchev–Trinajstić information content (AvgIpc) is 2.93. The van der Waals surface area contributed by atoms with Gasteiger partial charge in [0.15, 0.2) is 0 Å². The molecule has 0 aliphatic carbocycles. The van der Waals surface area contributed by atoms with E-state index in [1.165, 1.54) is 17.8 Å². The number of nitrogens with zero attached hydrogens (tertiary/aromatic N) is 2. The van der Waals surface area contributed by atoms with Crippen LogP contribution in [-0.2, 0) is 4.79 Å². The first-order chi connectivity index (χ1) is 11.1. The Balaban J connectivity index is 1.56. The van der Waals surface area contributed by atoms with Crippen molar-refractivity contribution in [3.05, 3.63) is 20.3 Å². The van der Waals surface area contributed by atoms with Gasteiger partial charge in [0.05, 0.1) is 9.90 Å². The molecule has 3 heterocycles. The molecule has 126 valence electrons. The lowest BCUT2D eigenvalue weighted by Gasteiger charge is -2.35. The Morgan fingerprint density at radius 3 is 2.22 bits per heavy atom. The van der Waals surface area contributed by atoms with E-state index in [4.69, 9.17) is 23.2 Å².